The second kappa shape index (κ2) is 13.1. The summed E-state index contributed by atoms with van der Waals surface area (Å²) in [6.07, 6.45) is 4.92. The smallest absolute Gasteiger partial charge is 0.319 e. The van der Waals surface area contributed by atoms with Crippen LogP contribution >= 0.6 is 11.3 Å². The van der Waals surface area contributed by atoms with Gasteiger partial charge in [-0.2, -0.15) is 15.2 Å². The Kier molecular flexibility index (Phi) is 8.25. The fourth-order valence-electron chi connectivity index (χ4n) is 10.6. The Morgan fingerprint density at radius 1 is 1.07 bits per heavy atom. The van der Waals surface area contributed by atoms with Gasteiger partial charge >= 0.3 is 6.01 Å². The lowest BCUT2D eigenvalue weighted by Crippen LogP contribution is -2.55. The van der Waals surface area contributed by atoms with Crippen LogP contribution in [-0.2, 0) is 27.5 Å². The summed E-state index contributed by atoms with van der Waals surface area (Å²) in [5.41, 5.74) is 6.32. The summed E-state index contributed by atoms with van der Waals surface area (Å²) in [4.78, 5) is 29.4. The van der Waals surface area contributed by atoms with Gasteiger partial charge in [0.1, 0.15) is 28.2 Å². The Morgan fingerprint density at radius 2 is 1.84 bits per heavy atom. The second-order valence-corrected chi connectivity index (χ2v) is 18.3. The van der Waals surface area contributed by atoms with Crippen molar-refractivity contribution in [3.05, 3.63) is 40.5 Å². The second-order valence-electron chi connectivity index (χ2n) is 17.2. The molecule has 12 nitrogen and oxygen atoms in total. The number of fused-ring (bicyclic) bond motifs is 8. The Labute approximate surface area is 331 Å². The minimum Gasteiger partial charge on any atom is -0.463 e. The maximum Gasteiger partial charge on any atom is 0.319 e. The van der Waals surface area contributed by atoms with Crippen LogP contribution in [-0.4, -0.2) is 108 Å². The minimum absolute atomic E-state index is 0.00963. The van der Waals surface area contributed by atoms with Crippen LogP contribution < -0.4 is 20.7 Å². The fourth-order valence-corrected chi connectivity index (χ4v) is 11.5. The molecule has 4 aromatic rings. The summed E-state index contributed by atoms with van der Waals surface area (Å²) in [7, 11) is 0. The van der Waals surface area contributed by atoms with Crippen LogP contribution in [0.1, 0.15) is 61.6 Å². The van der Waals surface area contributed by atoms with Gasteiger partial charge in [0.25, 0.3) is 5.91 Å². The molecule has 6 fully saturated rings. The average Bonchev–Trinajstić information content (AvgIpc) is 3.73. The molecule has 0 radical (unpaired) electrons. The van der Waals surface area contributed by atoms with E-state index in [1.165, 1.54) is 12.1 Å². The topological polar surface area (TPSA) is 142 Å². The van der Waals surface area contributed by atoms with Crippen molar-refractivity contribution in [3.63, 3.8) is 0 Å². The number of nitrogens with two attached hydrogens (primary N) is 1. The Bertz CT molecular complexity index is 2380. The minimum atomic E-state index is -1.85. The Balaban J connectivity index is 0.921. The van der Waals surface area contributed by atoms with Gasteiger partial charge in [-0.3, -0.25) is 4.79 Å². The SMILES string of the molecule is N#Cc1c(N)sc2c(F)ccc(-c3c4c(c5c(N6[C@@H]7CC[C@H]6CNC7)nc(OCC6(CN7CCC(F)(C(=O)N8C[C@H]9C[C@@H]8CO9)CC7)CC6)nc5c3F)COC4)c12. The summed E-state index contributed by atoms with van der Waals surface area (Å²) in [6, 6.07) is 5.30. The molecule has 7 aliphatic rings. The van der Waals surface area contributed by atoms with Crippen molar-refractivity contribution in [2.24, 2.45) is 5.41 Å². The van der Waals surface area contributed by atoms with Gasteiger partial charge in [-0.25, -0.2) is 13.2 Å². The molecule has 5 saturated heterocycles. The number of benzene rings is 2. The normalized spacial score (nSPS) is 27.1. The highest BCUT2D eigenvalue weighted by atomic mass is 32.1. The first kappa shape index (κ1) is 35.9. The molecule has 2 aromatic carbocycles. The number of ether oxygens (including phenoxy) is 3. The zero-order chi connectivity index (χ0) is 38.8. The third-order valence-corrected chi connectivity index (χ3v) is 14.8. The third-order valence-electron chi connectivity index (χ3n) is 13.8. The Hall–Kier alpha value is -4.27. The fraction of sp³-hybridized carbons (Fsp3) is 0.561. The maximum absolute atomic E-state index is 17.6. The number of carbonyl (C=O) groups is 1. The predicted molar refractivity (Wildman–Crippen MR) is 207 cm³/mol. The molecule has 1 aliphatic carbocycles. The number of likely N-dealkylation sites (tertiary alicyclic amines) is 2. The van der Waals surface area contributed by atoms with Gasteiger partial charge in [0.2, 0.25) is 0 Å². The number of hydrogen-bond donors (Lipinski definition) is 2. The Morgan fingerprint density at radius 3 is 2.54 bits per heavy atom. The van der Waals surface area contributed by atoms with Crippen LogP contribution in [0.15, 0.2) is 12.1 Å². The molecular formula is C41H43F3N8O4S. The van der Waals surface area contributed by atoms with Crippen LogP contribution in [0.3, 0.4) is 0 Å². The van der Waals surface area contributed by atoms with E-state index >= 15 is 13.2 Å². The summed E-state index contributed by atoms with van der Waals surface area (Å²) < 4.78 is 67.2. The van der Waals surface area contributed by atoms with E-state index in [9.17, 15) is 10.1 Å². The number of hydrogen-bond acceptors (Lipinski definition) is 12. The van der Waals surface area contributed by atoms with E-state index < -0.39 is 17.3 Å². The van der Waals surface area contributed by atoms with E-state index in [2.05, 4.69) is 21.2 Å². The number of halogens is 3. The van der Waals surface area contributed by atoms with Gasteiger partial charge in [0.05, 0.1) is 54.2 Å². The van der Waals surface area contributed by atoms with Crippen molar-refractivity contribution in [2.45, 2.75) is 88.1 Å². The molecule has 6 aliphatic heterocycles. The number of nitrogen functional groups attached to an aromatic ring is 1. The van der Waals surface area contributed by atoms with E-state index in [1.54, 1.807) is 4.90 Å². The maximum atomic E-state index is 17.6. The van der Waals surface area contributed by atoms with Crippen molar-refractivity contribution in [1.29, 1.82) is 5.26 Å². The lowest BCUT2D eigenvalue weighted by atomic mass is 9.90. The molecule has 4 atom stereocenters. The molecule has 0 spiro atoms. The van der Waals surface area contributed by atoms with E-state index in [0.717, 1.165) is 62.1 Å². The van der Waals surface area contributed by atoms with Crippen molar-refractivity contribution < 1.29 is 32.2 Å². The molecule has 1 saturated carbocycles. The van der Waals surface area contributed by atoms with Crippen molar-refractivity contribution in [3.8, 4) is 23.2 Å². The van der Waals surface area contributed by atoms with Crippen molar-refractivity contribution in [1.82, 2.24) is 25.1 Å². The van der Waals surface area contributed by atoms with Crippen LogP contribution in [0.4, 0.5) is 24.0 Å². The first-order valence-corrected chi connectivity index (χ1v) is 20.9. The average molecular weight is 801 g/mol. The molecule has 1 amide bonds. The highest BCUT2D eigenvalue weighted by Crippen LogP contribution is 2.50. The molecule has 8 heterocycles. The molecule has 0 unspecified atom stereocenters. The first-order chi connectivity index (χ1) is 27.6. The lowest BCUT2D eigenvalue weighted by molar-refractivity contribution is -0.152. The highest BCUT2D eigenvalue weighted by Gasteiger charge is 2.52. The largest absolute Gasteiger partial charge is 0.463 e. The number of nitrogens with zero attached hydrogens (tertiary/aromatic N) is 6. The number of piperidine rings is 1. The van der Waals surface area contributed by atoms with E-state index in [0.29, 0.717) is 61.7 Å². The van der Waals surface area contributed by atoms with Crippen LogP contribution in [0.2, 0.25) is 0 Å². The molecule has 57 heavy (non-hydrogen) atoms. The molecule has 298 valence electrons. The van der Waals surface area contributed by atoms with Gasteiger partial charge in [-0.1, -0.05) is 6.07 Å². The molecular weight excluding hydrogens is 758 g/mol. The van der Waals surface area contributed by atoms with Crippen LogP contribution in [0.25, 0.3) is 32.1 Å². The molecule has 3 N–H and O–H groups in total. The van der Waals surface area contributed by atoms with E-state index in [-0.39, 0.29) is 99.3 Å². The summed E-state index contributed by atoms with van der Waals surface area (Å²) in [5, 5.41) is 14.6. The molecule has 16 heteroatoms. The number of nitrogens with one attached hydrogen (secondary N) is 1. The van der Waals surface area contributed by atoms with E-state index in [4.69, 9.17) is 29.9 Å². The summed E-state index contributed by atoms with van der Waals surface area (Å²) >= 11 is 0.973. The number of alkyl halides is 1. The summed E-state index contributed by atoms with van der Waals surface area (Å²) in [6.45, 7) is 4.84. The molecule has 11 rings (SSSR count). The number of rotatable bonds is 8. The number of thiophene rings is 1. The zero-order valence-electron chi connectivity index (χ0n) is 31.4. The van der Waals surface area contributed by atoms with Crippen LogP contribution in [0.5, 0.6) is 6.01 Å². The van der Waals surface area contributed by atoms with E-state index in [1.807, 2.05) is 0 Å². The first-order valence-electron chi connectivity index (χ1n) is 20.1. The quantitative estimate of drug-likeness (QED) is 0.244. The monoisotopic (exact) mass is 800 g/mol. The number of nitriles is 1. The predicted octanol–water partition coefficient (Wildman–Crippen LogP) is 5.18. The number of anilines is 2. The van der Waals surface area contributed by atoms with Gasteiger partial charge in [0, 0.05) is 80.6 Å². The number of piperazine rings is 1. The van der Waals surface area contributed by atoms with Gasteiger partial charge in [-0.05, 0) is 54.9 Å². The highest BCUT2D eigenvalue weighted by molar-refractivity contribution is 7.23. The zero-order valence-corrected chi connectivity index (χ0v) is 32.2. The number of morpholine rings is 1. The lowest BCUT2D eigenvalue weighted by Gasteiger charge is -2.40. The number of aromatic nitrogens is 2. The van der Waals surface area contributed by atoms with Gasteiger partial charge < -0.3 is 40.0 Å². The van der Waals surface area contributed by atoms with Crippen molar-refractivity contribution >= 4 is 49.1 Å². The third kappa shape index (κ3) is 5.63. The standard InChI is InChI=1S/C41H43F3N8O4S/c42-29-4-3-25(31-26(12-45)36(46)57-35(29)31)30-27-17-54-18-28(27)32-34(33(30)43)48-39(49-37(32)52-21-1-2-22(52)14-47-13-21)56-20-40(5-6-40)19-50-9-7-41(44,8-10-50)38(53)51-15-24-11-23(51)16-55-24/h3-4,21-24,47H,1-2,5-11,13-20,46H2/t21-,22+,23-,24-/m1/s1. The number of amides is 1. The number of carbonyl (C=O) groups excluding carboxylic acids is 1. The molecule has 4 bridgehead atoms. The van der Waals surface area contributed by atoms with Crippen LogP contribution in [0, 0.1) is 28.4 Å². The van der Waals surface area contributed by atoms with Crippen molar-refractivity contribution in [2.75, 3.05) is 63.1 Å². The summed E-state index contributed by atoms with van der Waals surface area (Å²) in [5.74, 6) is -0.901. The van der Waals surface area contributed by atoms with Gasteiger partial charge in [0.15, 0.2) is 11.5 Å². The molecule has 2 aromatic heterocycles. The van der Waals surface area contributed by atoms with Gasteiger partial charge in [-0.15, -0.1) is 11.3 Å².